The fraction of sp³-hybridized carbons (Fsp3) is 0.286. The molecule has 0 amide bonds. The average molecular weight is 763 g/mol. The molecule has 0 aliphatic carbocycles. The van der Waals surface area contributed by atoms with Crippen molar-refractivity contribution in [1.82, 2.24) is 9.13 Å². The van der Waals surface area contributed by atoms with Gasteiger partial charge in [0.05, 0.1) is 16.1 Å². The van der Waals surface area contributed by atoms with Gasteiger partial charge in [-0.1, -0.05) is 39.3 Å². The van der Waals surface area contributed by atoms with Gasteiger partial charge in [0.15, 0.2) is 0 Å². The van der Waals surface area contributed by atoms with Gasteiger partial charge in [-0.15, -0.1) is 35.4 Å². The van der Waals surface area contributed by atoms with Crippen molar-refractivity contribution in [3.63, 3.8) is 0 Å². The first-order chi connectivity index (χ1) is 23.4. The van der Waals surface area contributed by atoms with Crippen LogP contribution in [0, 0.1) is 63.1 Å². The summed E-state index contributed by atoms with van der Waals surface area (Å²) in [5.74, 6) is -2.52. The Bertz CT molecular complexity index is 1740. The molecule has 0 N–H and O–H groups in total. The van der Waals surface area contributed by atoms with E-state index in [2.05, 4.69) is 86.5 Å². The molecule has 0 radical (unpaired) electrons. The van der Waals surface area contributed by atoms with Gasteiger partial charge >= 0.3 is 21.7 Å². The third kappa shape index (κ3) is 12.9. The van der Waals surface area contributed by atoms with Gasteiger partial charge in [-0.2, -0.15) is 48.5 Å². The molecule has 0 fully saturated rings. The Morgan fingerprint density at radius 3 is 1.08 bits per heavy atom. The number of benzene rings is 2. The number of rotatable bonds is 6. The average Bonchev–Trinajstić information content (AvgIpc) is 3.85. The van der Waals surface area contributed by atoms with Crippen LogP contribution in [0.2, 0.25) is 39.3 Å². The fourth-order valence-corrected chi connectivity index (χ4v) is 9.51. The second-order valence-electron chi connectivity index (χ2n) is 14.5. The van der Waals surface area contributed by atoms with Gasteiger partial charge in [-0.05, 0) is 50.2 Å². The molecule has 9 heteroatoms. The van der Waals surface area contributed by atoms with Crippen LogP contribution in [0.5, 0.6) is 0 Å². The maximum Gasteiger partial charge on any atom is 4.00 e. The van der Waals surface area contributed by atoms with E-state index in [1.165, 1.54) is 46.0 Å². The summed E-state index contributed by atoms with van der Waals surface area (Å²) >= 11 is 0. The van der Waals surface area contributed by atoms with Crippen molar-refractivity contribution < 1.29 is 39.3 Å². The molecular weight excluding hydrogens is 713 g/mol. The minimum Gasteiger partial charge on any atom is -0.356 e. The molecule has 0 aliphatic heterocycles. The van der Waals surface area contributed by atoms with E-state index < -0.39 is 39.4 Å². The molecule has 6 rings (SSSR count). The summed E-state index contributed by atoms with van der Waals surface area (Å²) in [6.45, 7) is 22.8. The predicted molar refractivity (Wildman–Crippen MR) is 206 cm³/mol. The molecule has 0 saturated heterocycles. The maximum absolute atomic E-state index is 13.7. The van der Waals surface area contributed by atoms with E-state index in [1.807, 2.05) is 74.5 Å². The van der Waals surface area contributed by atoms with Crippen molar-refractivity contribution in [2.75, 3.05) is 0 Å². The number of nitrogens with zero attached hydrogens (tertiary/aromatic N) is 2. The molecule has 268 valence electrons. The monoisotopic (exact) mass is 762 g/mol. The van der Waals surface area contributed by atoms with Crippen LogP contribution in [0.1, 0.15) is 33.9 Å². The van der Waals surface area contributed by atoms with E-state index in [9.17, 15) is 17.6 Å². The minimum absolute atomic E-state index is 0. The molecule has 0 unspecified atom stereocenters. The number of aryl methyl sites for hydroxylation is 2. The summed E-state index contributed by atoms with van der Waals surface area (Å²) in [5, 5.41) is 2.78. The van der Waals surface area contributed by atoms with Crippen LogP contribution in [0.15, 0.2) is 97.1 Å². The van der Waals surface area contributed by atoms with E-state index >= 15 is 0 Å². The molecule has 0 atom stereocenters. The molecule has 2 aromatic heterocycles. The quantitative estimate of drug-likeness (QED) is 0.0909. The van der Waals surface area contributed by atoms with Crippen LogP contribution >= 0.6 is 0 Å². The van der Waals surface area contributed by atoms with Crippen LogP contribution in [0.25, 0.3) is 0 Å². The molecule has 0 saturated carbocycles. The summed E-state index contributed by atoms with van der Waals surface area (Å²) in [6, 6.07) is 34.1. The predicted octanol–water partition coefficient (Wildman–Crippen LogP) is 10.4. The zero-order chi connectivity index (χ0) is 37.2. The summed E-state index contributed by atoms with van der Waals surface area (Å²) in [4.78, 5) is 0. The molecule has 0 aliphatic rings. The normalized spacial score (nSPS) is 10.9. The standard InChI is InChI=1S/2C16H20F2NSi.2C5H5.Ti/c2*1-11-8-16(20(3,4)5)12(2)19(11)10-13-6-7-14(17)9-15(13)18;2*1-2-4-5-3-1;/h2*6-8H,10H2,1-5H3;2*1-5H;/q4*-1;+4. The van der Waals surface area contributed by atoms with Crippen molar-refractivity contribution in [2.45, 2.75) is 80.1 Å². The van der Waals surface area contributed by atoms with Gasteiger partial charge in [0, 0.05) is 59.1 Å². The Kier molecular flexibility index (Phi) is 16.6. The molecule has 51 heavy (non-hydrogen) atoms. The van der Waals surface area contributed by atoms with Crippen LogP contribution < -0.4 is 10.4 Å². The second kappa shape index (κ2) is 19.4. The van der Waals surface area contributed by atoms with Crippen molar-refractivity contribution >= 4 is 26.5 Å². The van der Waals surface area contributed by atoms with Crippen molar-refractivity contribution in [3.8, 4) is 0 Å². The van der Waals surface area contributed by atoms with E-state index in [4.69, 9.17) is 0 Å². The molecule has 4 aromatic carbocycles. The smallest absolute Gasteiger partial charge is 0.356 e. The van der Waals surface area contributed by atoms with E-state index in [0.29, 0.717) is 24.2 Å². The van der Waals surface area contributed by atoms with E-state index in [-0.39, 0.29) is 21.7 Å². The van der Waals surface area contributed by atoms with Crippen LogP contribution in [-0.4, -0.2) is 25.3 Å². The summed E-state index contributed by atoms with van der Waals surface area (Å²) < 4.78 is 57.5. The number of hydrogen-bond donors (Lipinski definition) is 0. The second-order valence-corrected chi connectivity index (χ2v) is 24.5. The SMILES string of the molecule is Cc1cc([Si](C)(C)C)c(C)n1Cc1ccc(F)[c-]c1F.Cc1cc([Si](C)(C)C)c(C)n1Cc1ccc(F)[c-]c1F.[Ti+4].c1cc[cH-]c1.c1cc[cH-]c1. The zero-order valence-corrected chi connectivity index (χ0v) is 35.1. The van der Waals surface area contributed by atoms with Crippen LogP contribution in [0.3, 0.4) is 0 Å². The van der Waals surface area contributed by atoms with E-state index in [1.54, 1.807) is 0 Å². The van der Waals surface area contributed by atoms with Crippen LogP contribution in [0.4, 0.5) is 17.6 Å². The summed E-state index contributed by atoms with van der Waals surface area (Å²) in [6.07, 6.45) is 0. The number of hydrogen-bond acceptors (Lipinski definition) is 0. The first kappa shape index (κ1) is 43.7. The molecular formula is C42H50F4N2Si2Ti. The molecule has 0 bridgehead atoms. The van der Waals surface area contributed by atoms with Gasteiger partial charge in [-0.25, -0.2) is 41.8 Å². The molecule has 6 aromatic rings. The Morgan fingerprint density at radius 1 is 0.549 bits per heavy atom. The molecule has 2 nitrogen and oxygen atoms in total. The topological polar surface area (TPSA) is 9.86 Å². The van der Waals surface area contributed by atoms with Gasteiger partial charge in [0.1, 0.15) is 0 Å². The van der Waals surface area contributed by atoms with Gasteiger partial charge < -0.3 is 9.13 Å². The van der Waals surface area contributed by atoms with Crippen molar-refractivity contribution in [3.05, 3.63) is 166 Å². The zero-order valence-electron chi connectivity index (χ0n) is 31.6. The third-order valence-corrected chi connectivity index (χ3v) is 12.7. The first-order valence-corrected chi connectivity index (χ1v) is 23.8. The first-order valence-electron chi connectivity index (χ1n) is 16.8. The number of aromatic nitrogens is 2. The van der Waals surface area contributed by atoms with Gasteiger partial charge in [-0.3, -0.25) is 0 Å². The molecule has 2 heterocycles. The Labute approximate surface area is 319 Å². The largest absolute Gasteiger partial charge is 4.00 e. The molecule has 0 spiro atoms. The van der Waals surface area contributed by atoms with Crippen LogP contribution in [-0.2, 0) is 34.8 Å². The summed E-state index contributed by atoms with van der Waals surface area (Å²) in [5.41, 5.74) is 5.54. The Morgan fingerprint density at radius 2 is 0.863 bits per heavy atom. The maximum atomic E-state index is 13.7. The van der Waals surface area contributed by atoms with Crippen molar-refractivity contribution in [2.24, 2.45) is 0 Å². The summed E-state index contributed by atoms with van der Waals surface area (Å²) in [7, 11) is -2.82. The van der Waals surface area contributed by atoms with Crippen molar-refractivity contribution in [1.29, 1.82) is 0 Å². The minimum atomic E-state index is -1.41. The third-order valence-electron chi connectivity index (χ3n) is 8.42. The fourth-order valence-electron chi connectivity index (χ4n) is 5.78. The Hall–Kier alpha value is -3.43. The van der Waals surface area contributed by atoms with Gasteiger partial charge in [0.2, 0.25) is 0 Å². The van der Waals surface area contributed by atoms with E-state index in [0.717, 1.165) is 11.4 Å². The number of halogens is 4. The van der Waals surface area contributed by atoms with Gasteiger partial charge in [0.25, 0.3) is 0 Å². The Balaban J connectivity index is 0.000000273.